The predicted molar refractivity (Wildman–Crippen MR) is 92.7 cm³/mol. The van der Waals surface area contributed by atoms with Crippen LogP contribution in [0.4, 0.5) is 0 Å². The molecule has 0 spiro atoms. The molecule has 0 heterocycles. The maximum atomic E-state index is 11.8. The van der Waals surface area contributed by atoms with Crippen molar-refractivity contribution in [1.29, 1.82) is 0 Å². The number of hydrogen-bond donors (Lipinski definition) is 2. The van der Waals surface area contributed by atoms with E-state index in [2.05, 4.69) is 5.32 Å². The van der Waals surface area contributed by atoms with Gasteiger partial charge in [0.25, 0.3) is 0 Å². The normalized spacial score (nSPS) is 12.3. The van der Waals surface area contributed by atoms with Crippen LogP contribution in [0.5, 0.6) is 0 Å². The highest BCUT2D eigenvalue weighted by Gasteiger charge is 2.18. The van der Waals surface area contributed by atoms with Gasteiger partial charge in [0.1, 0.15) is 6.04 Å². The Labute approximate surface area is 143 Å². The Balaban J connectivity index is 2.60. The summed E-state index contributed by atoms with van der Waals surface area (Å²) in [5.74, 6) is 0.106. The molecule has 1 rings (SSSR count). The molecule has 1 amide bonds. The van der Waals surface area contributed by atoms with Crippen LogP contribution in [-0.4, -0.2) is 34.5 Å². The lowest BCUT2D eigenvalue weighted by molar-refractivity contribution is -0.141. The molecule has 0 bridgehead atoms. The fourth-order valence-corrected chi connectivity index (χ4v) is 2.61. The van der Waals surface area contributed by atoms with Gasteiger partial charge in [0, 0.05) is 6.08 Å². The van der Waals surface area contributed by atoms with Gasteiger partial charge in [-0.1, -0.05) is 36.2 Å². The van der Waals surface area contributed by atoms with Crippen molar-refractivity contribution in [2.24, 2.45) is 0 Å². The van der Waals surface area contributed by atoms with E-state index in [1.54, 1.807) is 36.0 Å². The monoisotopic (exact) mass is 361 g/mol. The van der Waals surface area contributed by atoms with Crippen molar-refractivity contribution in [1.82, 2.24) is 5.32 Å². The largest absolute Gasteiger partial charge is 0.480 e. The summed E-state index contributed by atoms with van der Waals surface area (Å²) in [6, 6.07) is 4.08. The van der Waals surface area contributed by atoms with E-state index >= 15 is 0 Å². The first kappa shape index (κ1) is 18.9. The molecule has 1 aromatic rings. The molecular formula is C15H17Cl2NO3S. The third kappa shape index (κ3) is 6.73. The van der Waals surface area contributed by atoms with Gasteiger partial charge in [-0.25, -0.2) is 4.79 Å². The number of benzene rings is 1. The quantitative estimate of drug-likeness (QED) is 0.546. The SMILES string of the molecule is CCSCCC(NC(=O)/C=C/c1ccc(Cl)c(Cl)c1)C(=O)O. The van der Waals surface area contributed by atoms with Crippen molar-refractivity contribution in [3.8, 4) is 0 Å². The number of hydrogen-bond acceptors (Lipinski definition) is 3. The summed E-state index contributed by atoms with van der Waals surface area (Å²) in [4.78, 5) is 22.9. The number of thioether (sulfide) groups is 1. The summed E-state index contributed by atoms with van der Waals surface area (Å²) >= 11 is 13.3. The molecule has 7 heteroatoms. The molecule has 0 radical (unpaired) electrons. The fourth-order valence-electron chi connectivity index (χ4n) is 1.61. The van der Waals surface area contributed by atoms with Gasteiger partial charge in [-0.3, -0.25) is 4.79 Å². The second-order valence-electron chi connectivity index (χ2n) is 4.39. The molecule has 1 atom stereocenters. The lowest BCUT2D eigenvalue weighted by Gasteiger charge is -2.12. The Morgan fingerprint density at radius 2 is 2.09 bits per heavy atom. The van der Waals surface area contributed by atoms with Crippen molar-refractivity contribution in [2.75, 3.05) is 11.5 Å². The molecule has 0 saturated heterocycles. The standard InChI is InChI=1S/C15H17Cl2NO3S/c1-2-22-8-7-13(15(20)21)18-14(19)6-4-10-3-5-11(16)12(17)9-10/h3-6,9,13H,2,7-8H2,1H3,(H,18,19)(H,20,21)/b6-4+. The van der Waals surface area contributed by atoms with Gasteiger partial charge in [-0.05, 0) is 41.7 Å². The first-order valence-electron chi connectivity index (χ1n) is 6.68. The van der Waals surface area contributed by atoms with E-state index in [9.17, 15) is 9.59 Å². The van der Waals surface area contributed by atoms with E-state index < -0.39 is 17.9 Å². The first-order valence-corrected chi connectivity index (χ1v) is 8.59. The third-order valence-corrected chi connectivity index (χ3v) is 4.41. The van der Waals surface area contributed by atoms with Gasteiger partial charge < -0.3 is 10.4 Å². The predicted octanol–water partition coefficient (Wildman–Crippen LogP) is 3.72. The molecule has 4 nitrogen and oxygen atoms in total. The summed E-state index contributed by atoms with van der Waals surface area (Å²) < 4.78 is 0. The number of carboxylic acids is 1. The number of aliphatic carboxylic acids is 1. The van der Waals surface area contributed by atoms with Crippen LogP contribution in [0.15, 0.2) is 24.3 Å². The molecule has 0 aliphatic carbocycles. The summed E-state index contributed by atoms with van der Waals surface area (Å²) in [7, 11) is 0. The Bertz CT molecular complexity index is 564. The average Bonchev–Trinajstić information content (AvgIpc) is 2.47. The molecule has 0 saturated carbocycles. The number of rotatable bonds is 8. The number of amides is 1. The Morgan fingerprint density at radius 3 is 2.68 bits per heavy atom. The molecule has 1 unspecified atom stereocenters. The summed E-state index contributed by atoms with van der Waals surface area (Å²) in [6.07, 6.45) is 3.22. The van der Waals surface area contributed by atoms with Crippen LogP contribution in [0, 0.1) is 0 Å². The van der Waals surface area contributed by atoms with Crippen molar-refractivity contribution in [3.05, 3.63) is 39.9 Å². The minimum atomic E-state index is -1.03. The van der Waals surface area contributed by atoms with Crippen LogP contribution in [0.2, 0.25) is 10.0 Å². The van der Waals surface area contributed by atoms with E-state index in [0.717, 1.165) is 5.75 Å². The molecule has 22 heavy (non-hydrogen) atoms. The summed E-state index contributed by atoms with van der Waals surface area (Å²) in [5.41, 5.74) is 0.706. The Hall–Kier alpha value is -1.17. The van der Waals surface area contributed by atoms with Gasteiger partial charge in [0.2, 0.25) is 5.91 Å². The number of carbonyl (C=O) groups excluding carboxylic acids is 1. The first-order chi connectivity index (χ1) is 10.4. The van der Waals surface area contributed by atoms with Crippen LogP contribution >= 0.6 is 35.0 Å². The van der Waals surface area contributed by atoms with Crippen LogP contribution in [-0.2, 0) is 9.59 Å². The highest BCUT2D eigenvalue weighted by molar-refractivity contribution is 7.99. The van der Waals surface area contributed by atoms with E-state index in [4.69, 9.17) is 28.3 Å². The van der Waals surface area contributed by atoms with Gasteiger partial charge in [0.15, 0.2) is 0 Å². The number of carboxylic acid groups (broad SMARTS) is 1. The summed E-state index contributed by atoms with van der Waals surface area (Å²) in [6.45, 7) is 2.00. The van der Waals surface area contributed by atoms with Crippen molar-refractivity contribution < 1.29 is 14.7 Å². The number of halogens is 2. The molecule has 120 valence electrons. The second kappa shape index (κ2) is 9.77. The minimum absolute atomic E-state index is 0.389. The summed E-state index contributed by atoms with van der Waals surface area (Å²) in [5, 5.41) is 12.4. The van der Waals surface area contributed by atoms with Crippen molar-refractivity contribution >= 4 is 52.9 Å². The van der Waals surface area contributed by atoms with Crippen LogP contribution in [0.25, 0.3) is 6.08 Å². The second-order valence-corrected chi connectivity index (χ2v) is 6.60. The van der Waals surface area contributed by atoms with Crippen molar-refractivity contribution in [2.45, 2.75) is 19.4 Å². The molecule has 0 aromatic heterocycles. The van der Waals surface area contributed by atoms with Crippen LogP contribution in [0.1, 0.15) is 18.9 Å². The molecule has 0 aliphatic rings. The number of carbonyl (C=O) groups is 2. The lowest BCUT2D eigenvalue weighted by Crippen LogP contribution is -2.40. The van der Waals surface area contributed by atoms with Gasteiger partial charge in [0.05, 0.1) is 10.0 Å². The number of nitrogens with one attached hydrogen (secondary N) is 1. The van der Waals surface area contributed by atoms with E-state index in [-0.39, 0.29) is 0 Å². The zero-order chi connectivity index (χ0) is 16.5. The minimum Gasteiger partial charge on any atom is -0.480 e. The molecule has 2 N–H and O–H groups in total. The van der Waals surface area contributed by atoms with Crippen LogP contribution in [0.3, 0.4) is 0 Å². The zero-order valence-corrected chi connectivity index (χ0v) is 14.3. The van der Waals surface area contributed by atoms with Crippen LogP contribution < -0.4 is 5.32 Å². The molecular weight excluding hydrogens is 345 g/mol. The van der Waals surface area contributed by atoms with Gasteiger partial charge in [-0.15, -0.1) is 0 Å². The molecule has 1 aromatic carbocycles. The van der Waals surface area contributed by atoms with Crippen molar-refractivity contribution in [3.63, 3.8) is 0 Å². The maximum absolute atomic E-state index is 11.8. The lowest BCUT2D eigenvalue weighted by atomic mass is 10.2. The highest BCUT2D eigenvalue weighted by Crippen LogP contribution is 2.23. The highest BCUT2D eigenvalue weighted by atomic mass is 35.5. The average molecular weight is 362 g/mol. The van der Waals surface area contributed by atoms with E-state index in [0.29, 0.717) is 27.8 Å². The van der Waals surface area contributed by atoms with E-state index in [1.165, 1.54) is 6.08 Å². The van der Waals surface area contributed by atoms with E-state index in [1.807, 2.05) is 6.92 Å². The molecule has 0 aliphatic heterocycles. The fraction of sp³-hybridized carbons (Fsp3) is 0.333. The molecule has 0 fully saturated rings. The third-order valence-electron chi connectivity index (χ3n) is 2.74. The van der Waals surface area contributed by atoms with Gasteiger partial charge in [-0.2, -0.15) is 11.8 Å². The Morgan fingerprint density at radius 1 is 1.36 bits per heavy atom. The van der Waals surface area contributed by atoms with Gasteiger partial charge >= 0.3 is 5.97 Å². The smallest absolute Gasteiger partial charge is 0.326 e. The zero-order valence-electron chi connectivity index (χ0n) is 12.0. The topological polar surface area (TPSA) is 66.4 Å². The maximum Gasteiger partial charge on any atom is 0.326 e. The Kier molecular flexibility index (Phi) is 8.38.